The molecule has 5 heteroatoms. The van der Waals surface area contributed by atoms with E-state index in [1.165, 1.54) is 12.1 Å². The predicted molar refractivity (Wildman–Crippen MR) is 62.1 cm³/mol. The van der Waals surface area contributed by atoms with Crippen LogP contribution in [0.25, 0.3) is 0 Å². The molecule has 0 unspecified atom stereocenters. The molecule has 0 amide bonds. The lowest BCUT2D eigenvalue weighted by Crippen LogP contribution is -2.39. The molecule has 2 rings (SSSR count). The van der Waals surface area contributed by atoms with E-state index in [9.17, 15) is 13.2 Å². The number of ether oxygens (including phenoxy) is 1. The normalized spacial score (nSPS) is 19.6. The summed E-state index contributed by atoms with van der Waals surface area (Å²) in [7, 11) is 0. The van der Waals surface area contributed by atoms with Gasteiger partial charge in [-0.05, 0) is 18.9 Å². The molecular formula is C13H16F3NO. The van der Waals surface area contributed by atoms with Crippen LogP contribution < -0.4 is 10.5 Å². The molecule has 0 radical (unpaired) electrons. The number of alkyl halides is 3. The minimum atomic E-state index is -4.68. The molecule has 1 aliphatic rings. The Kier molecular flexibility index (Phi) is 3.52. The summed E-state index contributed by atoms with van der Waals surface area (Å²) in [4.78, 5) is 0. The Morgan fingerprint density at radius 1 is 1.06 bits per heavy atom. The number of hydrogen-bond donors (Lipinski definition) is 1. The molecule has 100 valence electrons. The molecule has 0 spiro atoms. The Morgan fingerprint density at radius 3 is 2.28 bits per heavy atom. The topological polar surface area (TPSA) is 35.2 Å². The summed E-state index contributed by atoms with van der Waals surface area (Å²) in [5, 5.41) is 0. The molecule has 0 aromatic heterocycles. The maximum Gasteiger partial charge on any atom is 0.573 e. The number of rotatable bonds is 2. The van der Waals surface area contributed by atoms with Crippen molar-refractivity contribution in [2.24, 2.45) is 5.73 Å². The number of halogens is 3. The van der Waals surface area contributed by atoms with Gasteiger partial charge in [0.25, 0.3) is 0 Å². The Labute approximate surface area is 104 Å². The van der Waals surface area contributed by atoms with Gasteiger partial charge < -0.3 is 10.5 Å². The Bertz CT molecular complexity index is 411. The van der Waals surface area contributed by atoms with Crippen molar-refractivity contribution in [1.82, 2.24) is 0 Å². The Balaban J connectivity index is 2.32. The van der Waals surface area contributed by atoms with Crippen molar-refractivity contribution in [3.8, 4) is 5.75 Å². The van der Waals surface area contributed by atoms with E-state index in [0.29, 0.717) is 18.4 Å². The van der Waals surface area contributed by atoms with Gasteiger partial charge >= 0.3 is 6.36 Å². The van der Waals surface area contributed by atoms with Crippen LogP contribution in [-0.2, 0) is 5.54 Å². The van der Waals surface area contributed by atoms with Crippen LogP contribution in [0.1, 0.15) is 37.7 Å². The fraction of sp³-hybridized carbons (Fsp3) is 0.538. The fourth-order valence-electron chi connectivity index (χ4n) is 2.54. The van der Waals surface area contributed by atoms with Crippen LogP contribution in [0, 0.1) is 0 Å². The van der Waals surface area contributed by atoms with E-state index in [-0.39, 0.29) is 5.75 Å². The van der Waals surface area contributed by atoms with Crippen molar-refractivity contribution >= 4 is 0 Å². The molecule has 0 heterocycles. The molecule has 1 fully saturated rings. The molecule has 0 saturated heterocycles. The molecule has 1 saturated carbocycles. The summed E-state index contributed by atoms with van der Waals surface area (Å²) in [6.45, 7) is 0. The van der Waals surface area contributed by atoms with E-state index in [0.717, 1.165) is 19.3 Å². The van der Waals surface area contributed by atoms with Gasteiger partial charge in [0.15, 0.2) is 0 Å². The summed E-state index contributed by atoms with van der Waals surface area (Å²) in [6.07, 6.45) is -0.313. The van der Waals surface area contributed by atoms with Crippen LogP contribution in [0.2, 0.25) is 0 Å². The number of para-hydroxylation sites is 1. The van der Waals surface area contributed by atoms with Crippen molar-refractivity contribution < 1.29 is 17.9 Å². The first-order valence-corrected chi connectivity index (χ1v) is 6.05. The van der Waals surface area contributed by atoms with Gasteiger partial charge in [0.2, 0.25) is 0 Å². The van der Waals surface area contributed by atoms with Crippen LogP contribution in [0.4, 0.5) is 13.2 Å². The van der Waals surface area contributed by atoms with Crippen molar-refractivity contribution in [3.63, 3.8) is 0 Å². The molecule has 1 aromatic carbocycles. The quantitative estimate of drug-likeness (QED) is 0.878. The maximum atomic E-state index is 12.4. The molecule has 2 N–H and O–H groups in total. The summed E-state index contributed by atoms with van der Waals surface area (Å²) in [6, 6.07) is 6.18. The smallest absolute Gasteiger partial charge is 0.405 e. The lowest BCUT2D eigenvalue weighted by molar-refractivity contribution is -0.275. The van der Waals surface area contributed by atoms with Crippen LogP contribution >= 0.6 is 0 Å². The third-order valence-electron chi connectivity index (χ3n) is 3.39. The second-order valence-electron chi connectivity index (χ2n) is 4.76. The van der Waals surface area contributed by atoms with Crippen molar-refractivity contribution in [3.05, 3.63) is 29.8 Å². The second-order valence-corrected chi connectivity index (χ2v) is 4.76. The van der Waals surface area contributed by atoms with Crippen LogP contribution in [-0.4, -0.2) is 6.36 Å². The number of nitrogens with two attached hydrogens (primary N) is 1. The lowest BCUT2D eigenvalue weighted by Gasteiger charge is -2.35. The molecule has 1 aromatic rings. The van der Waals surface area contributed by atoms with Crippen LogP contribution in [0.3, 0.4) is 0 Å². The molecular weight excluding hydrogens is 243 g/mol. The van der Waals surface area contributed by atoms with Gasteiger partial charge in [-0.25, -0.2) is 0 Å². The molecule has 0 aliphatic heterocycles. The van der Waals surface area contributed by atoms with Gasteiger partial charge in [0.1, 0.15) is 5.75 Å². The first kappa shape index (κ1) is 13.2. The predicted octanol–water partition coefficient (Wildman–Crippen LogP) is 3.70. The minimum Gasteiger partial charge on any atom is -0.405 e. The fourth-order valence-corrected chi connectivity index (χ4v) is 2.54. The van der Waals surface area contributed by atoms with Gasteiger partial charge in [-0.2, -0.15) is 0 Å². The van der Waals surface area contributed by atoms with Crippen molar-refractivity contribution in [2.75, 3.05) is 0 Å². The Morgan fingerprint density at radius 2 is 1.67 bits per heavy atom. The molecule has 0 atom stereocenters. The molecule has 18 heavy (non-hydrogen) atoms. The van der Waals surface area contributed by atoms with Gasteiger partial charge in [0, 0.05) is 11.1 Å². The second kappa shape index (κ2) is 4.80. The summed E-state index contributed by atoms with van der Waals surface area (Å²) >= 11 is 0. The van der Waals surface area contributed by atoms with Crippen LogP contribution in [0.5, 0.6) is 5.75 Å². The summed E-state index contributed by atoms with van der Waals surface area (Å²) < 4.78 is 41.1. The van der Waals surface area contributed by atoms with Crippen molar-refractivity contribution in [2.45, 2.75) is 44.0 Å². The zero-order valence-corrected chi connectivity index (χ0v) is 9.96. The van der Waals surface area contributed by atoms with Gasteiger partial charge in [-0.1, -0.05) is 37.5 Å². The monoisotopic (exact) mass is 259 g/mol. The lowest BCUT2D eigenvalue weighted by atomic mass is 9.77. The van der Waals surface area contributed by atoms with Crippen molar-refractivity contribution in [1.29, 1.82) is 0 Å². The van der Waals surface area contributed by atoms with E-state index in [1.54, 1.807) is 12.1 Å². The SMILES string of the molecule is NC1(c2ccccc2OC(F)(F)F)CCCCC1. The highest BCUT2D eigenvalue weighted by Gasteiger charge is 2.36. The minimum absolute atomic E-state index is 0.172. The van der Waals surface area contributed by atoms with Gasteiger partial charge in [0.05, 0.1) is 0 Å². The Hall–Kier alpha value is -1.23. The summed E-state index contributed by atoms with van der Waals surface area (Å²) in [5.41, 5.74) is 6.02. The third-order valence-corrected chi connectivity index (χ3v) is 3.39. The first-order valence-electron chi connectivity index (χ1n) is 6.05. The van der Waals surface area contributed by atoms with E-state index in [4.69, 9.17) is 5.73 Å². The zero-order chi connectivity index (χ0) is 13.2. The molecule has 2 nitrogen and oxygen atoms in total. The summed E-state index contributed by atoms with van der Waals surface area (Å²) in [5.74, 6) is -0.172. The third kappa shape index (κ3) is 2.96. The van der Waals surface area contributed by atoms with E-state index >= 15 is 0 Å². The van der Waals surface area contributed by atoms with Gasteiger partial charge in [-0.15, -0.1) is 13.2 Å². The number of benzene rings is 1. The highest BCUT2D eigenvalue weighted by atomic mass is 19.4. The zero-order valence-electron chi connectivity index (χ0n) is 9.96. The largest absolute Gasteiger partial charge is 0.573 e. The van der Waals surface area contributed by atoms with Crippen LogP contribution in [0.15, 0.2) is 24.3 Å². The highest BCUT2D eigenvalue weighted by Crippen LogP contribution is 2.40. The van der Waals surface area contributed by atoms with E-state index < -0.39 is 11.9 Å². The van der Waals surface area contributed by atoms with E-state index in [2.05, 4.69) is 4.74 Å². The average Bonchev–Trinajstić information content (AvgIpc) is 2.28. The molecule has 1 aliphatic carbocycles. The highest BCUT2D eigenvalue weighted by molar-refractivity contribution is 5.39. The first-order chi connectivity index (χ1) is 8.41. The maximum absolute atomic E-state index is 12.4. The average molecular weight is 259 g/mol. The van der Waals surface area contributed by atoms with E-state index in [1.807, 2.05) is 0 Å². The standard InChI is InChI=1S/C13H16F3NO/c14-13(15,16)18-11-7-3-2-6-10(11)12(17)8-4-1-5-9-12/h2-3,6-7H,1,4-5,8-9,17H2. The molecule has 0 bridgehead atoms. The van der Waals surface area contributed by atoms with Gasteiger partial charge in [-0.3, -0.25) is 0 Å². The number of hydrogen-bond acceptors (Lipinski definition) is 2.